The van der Waals surface area contributed by atoms with Gasteiger partial charge in [0.2, 0.25) is 0 Å². The smallest absolute Gasteiger partial charge is 0.281 e. The molecule has 1 aliphatic heterocycles. The summed E-state index contributed by atoms with van der Waals surface area (Å²) >= 11 is 0. The second kappa shape index (κ2) is 6.52. The Morgan fingerprint density at radius 3 is 2.24 bits per heavy atom. The van der Waals surface area contributed by atoms with Gasteiger partial charge in [0, 0.05) is 32.2 Å². The molecule has 3 rings (SSSR count). The number of piperidine rings is 1. The van der Waals surface area contributed by atoms with E-state index in [2.05, 4.69) is 5.32 Å². The van der Waals surface area contributed by atoms with Gasteiger partial charge < -0.3 is 5.32 Å². The Hall–Kier alpha value is -0.170. The lowest BCUT2D eigenvalue weighted by Gasteiger charge is -2.34. The van der Waals surface area contributed by atoms with Gasteiger partial charge in [0.05, 0.1) is 0 Å². The summed E-state index contributed by atoms with van der Waals surface area (Å²) in [4.78, 5) is 0. The van der Waals surface area contributed by atoms with E-state index in [-0.39, 0.29) is 0 Å². The van der Waals surface area contributed by atoms with E-state index in [1.54, 1.807) is 8.61 Å². The fraction of sp³-hybridized carbons (Fsp3) is 1.00. The van der Waals surface area contributed by atoms with Crippen LogP contribution in [0.2, 0.25) is 0 Å². The highest BCUT2D eigenvalue weighted by Crippen LogP contribution is 2.31. The Bertz CT molecular complexity index is 438. The summed E-state index contributed by atoms with van der Waals surface area (Å²) < 4.78 is 28.8. The molecule has 3 fully saturated rings. The van der Waals surface area contributed by atoms with Crippen molar-refractivity contribution in [3.05, 3.63) is 0 Å². The number of hydrogen-bond donors (Lipinski definition) is 1. The third-order valence-electron chi connectivity index (χ3n) is 5.01. The Labute approximate surface area is 129 Å². The van der Waals surface area contributed by atoms with Crippen molar-refractivity contribution in [2.24, 2.45) is 11.8 Å². The van der Waals surface area contributed by atoms with Crippen LogP contribution in [0.5, 0.6) is 0 Å². The quantitative estimate of drug-likeness (QED) is 0.737. The minimum absolute atomic E-state index is 0.599. The first-order valence-corrected chi connectivity index (χ1v) is 9.98. The predicted octanol–water partition coefficient (Wildman–Crippen LogP) is 1.43. The molecule has 0 aromatic rings. The average Bonchev–Trinajstić information content (AvgIpc) is 3.38. The summed E-state index contributed by atoms with van der Waals surface area (Å²) in [5, 5.41) is 3.57. The molecule has 0 bridgehead atoms. The number of nitrogens with one attached hydrogen (secondary N) is 1. The molecule has 122 valence electrons. The van der Waals surface area contributed by atoms with Crippen LogP contribution in [0.15, 0.2) is 0 Å². The Morgan fingerprint density at radius 2 is 1.71 bits per heavy atom. The fourth-order valence-corrected chi connectivity index (χ4v) is 4.83. The van der Waals surface area contributed by atoms with E-state index in [9.17, 15) is 8.42 Å². The van der Waals surface area contributed by atoms with Gasteiger partial charge in [-0.05, 0) is 56.9 Å². The molecule has 1 N–H and O–H groups in total. The highest BCUT2D eigenvalue weighted by molar-refractivity contribution is 7.86. The van der Waals surface area contributed by atoms with Crippen LogP contribution in [-0.2, 0) is 10.2 Å². The summed E-state index contributed by atoms with van der Waals surface area (Å²) in [5.74, 6) is 1.26. The Balaban J connectivity index is 1.48. The van der Waals surface area contributed by atoms with Crippen molar-refractivity contribution >= 4 is 10.2 Å². The molecule has 1 saturated heterocycles. The third kappa shape index (κ3) is 4.18. The molecule has 1 heterocycles. The van der Waals surface area contributed by atoms with Crippen LogP contribution in [0, 0.1) is 11.8 Å². The van der Waals surface area contributed by atoms with Crippen molar-refractivity contribution in [2.45, 2.75) is 51.5 Å². The summed E-state index contributed by atoms with van der Waals surface area (Å²) in [7, 11) is -3.23. The lowest BCUT2D eigenvalue weighted by atomic mass is 9.98. The molecule has 0 unspecified atom stereocenters. The standard InChI is InChI=1S/C15H29N3O2S/c1-2-17(12-14-3-4-14)21(19,20)18-9-7-13(8-10-18)11-16-15-5-6-15/h13-16H,2-12H2,1H3. The van der Waals surface area contributed by atoms with Crippen LogP contribution in [-0.4, -0.2) is 55.8 Å². The topological polar surface area (TPSA) is 52.7 Å². The van der Waals surface area contributed by atoms with Gasteiger partial charge in [0.25, 0.3) is 10.2 Å². The molecule has 0 radical (unpaired) electrons. The Morgan fingerprint density at radius 1 is 1.05 bits per heavy atom. The van der Waals surface area contributed by atoms with E-state index < -0.39 is 10.2 Å². The van der Waals surface area contributed by atoms with E-state index in [4.69, 9.17) is 0 Å². The predicted molar refractivity (Wildman–Crippen MR) is 84.2 cm³/mol. The number of nitrogens with zero attached hydrogens (tertiary/aromatic N) is 2. The van der Waals surface area contributed by atoms with Gasteiger partial charge in [-0.1, -0.05) is 6.92 Å². The second-order valence-electron chi connectivity index (χ2n) is 6.93. The van der Waals surface area contributed by atoms with Crippen molar-refractivity contribution in [1.82, 2.24) is 13.9 Å². The molecule has 21 heavy (non-hydrogen) atoms. The van der Waals surface area contributed by atoms with E-state index >= 15 is 0 Å². The van der Waals surface area contributed by atoms with Crippen molar-refractivity contribution in [1.29, 1.82) is 0 Å². The summed E-state index contributed by atoms with van der Waals surface area (Å²) in [6, 6.07) is 0.751. The highest BCUT2D eigenvalue weighted by atomic mass is 32.2. The van der Waals surface area contributed by atoms with Gasteiger partial charge in [-0.25, -0.2) is 0 Å². The molecule has 6 heteroatoms. The van der Waals surface area contributed by atoms with Gasteiger partial charge in [0.1, 0.15) is 0 Å². The molecule has 3 aliphatic rings. The summed E-state index contributed by atoms with van der Waals surface area (Å²) in [5.41, 5.74) is 0. The largest absolute Gasteiger partial charge is 0.314 e. The number of rotatable bonds is 8. The van der Waals surface area contributed by atoms with Gasteiger partial charge in [0.15, 0.2) is 0 Å². The monoisotopic (exact) mass is 315 g/mol. The maximum Gasteiger partial charge on any atom is 0.281 e. The van der Waals surface area contributed by atoms with Gasteiger partial charge >= 0.3 is 0 Å². The van der Waals surface area contributed by atoms with E-state index in [1.807, 2.05) is 6.92 Å². The van der Waals surface area contributed by atoms with Crippen LogP contribution < -0.4 is 5.32 Å². The third-order valence-corrected chi connectivity index (χ3v) is 7.09. The molecule has 0 aromatic heterocycles. The van der Waals surface area contributed by atoms with E-state index in [0.29, 0.717) is 31.5 Å². The van der Waals surface area contributed by atoms with Crippen molar-refractivity contribution in [2.75, 3.05) is 32.7 Å². The molecular weight excluding hydrogens is 286 g/mol. The SMILES string of the molecule is CCN(CC1CC1)S(=O)(=O)N1CCC(CNC2CC2)CC1. The van der Waals surface area contributed by atoms with Crippen LogP contribution in [0.3, 0.4) is 0 Å². The zero-order chi connectivity index (χ0) is 14.9. The normalized spacial score (nSPS) is 25.6. The van der Waals surface area contributed by atoms with Crippen LogP contribution in [0.25, 0.3) is 0 Å². The molecule has 5 nitrogen and oxygen atoms in total. The molecule has 2 saturated carbocycles. The van der Waals surface area contributed by atoms with Crippen LogP contribution in [0.1, 0.15) is 45.4 Å². The van der Waals surface area contributed by atoms with E-state index in [0.717, 1.165) is 32.0 Å². The first kappa shape index (κ1) is 15.7. The maximum atomic E-state index is 12.7. The van der Waals surface area contributed by atoms with Crippen molar-refractivity contribution in [3.8, 4) is 0 Å². The van der Waals surface area contributed by atoms with Crippen LogP contribution in [0.4, 0.5) is 0 Å². The van der Waals surface area contributed by atoms with Gasteiger partial charge in [-0.3, -0.25) is 0 Å². The average molecular weight is 315 g/mol. The van der Waals surface area contributed by atoms with Crippen molar-refractivity contribution in [3.63, 3.8) is 0 Å². The van der Waals surface area contributed by atoms with E-state index in [1.165, 1.54) is 25.7 Å². The van der Waals surface area contributed by atoms with Crippen LogP contribution >= 0.6 is 0 Å². The minimum atomic E-state index is -3.23. The van der Waals surface area contributed by atoms with Gasteiger partial charge in [-0.2, -0.15) is 17.0 Å². The molecule has 0 atom stereocenters. The summed E-state index contributed by atoms with van der Waals surface area (Å²) in [6.07, 6.45) is 7.03. The lowest BCUT2D eigenvalue weighted by molar-refractivity contribution is 0.248. The molecular formula is C15H29N3O2S. The molecule has 2 aliphatic carbocycles. The van der Waals surface area contributed by atoms with Crippen molar-refractivity contribution < 1.29 is 8.42 Å². The lowest BCUT2D eigenvalue weighted by Crippen LogP contribution is -2.48. The maximum absolute atomic E-state index is 12.7. The number of hydrogen-bond acceptors (Lipinski definition) is 3. The molecule has 0 spiro atoms. The first-order chi connectivity index (χ1) is 10.1. The first-order valence-electron chi connectivity index (χ1n) is 8.58. The zero-order valence-electron chi connectivity index (χ0n) is 13.1. The molecule has 0 aromatic carbocycles. The second-order valence-corrected chi connectivity index (χ2v) is 8.86. The summed E-state index contributed by atoms with van der Waals surface area (Å²) in [6.45, 7) is 5.73. The zero-order valence-corrected chi connectivity index (χ0v) is 13.9. The molecule has 0 amide bonds. The Kier molecular flexibility index (Phi) is 4.88. The highest BCUT2D eigenvalue weighted by Gasteiger charge is 2.35. The fourth-order valence-electron chi connectivity index (χ4n) is 3.10. The van der Waals surface area contributed by atoms with Gasteiger partial charge in [-0.15, -0.1) is 0 Å². The minimum Gasteiger partial charge on any atom is -0.314 e.